The second-order valence-electron chi connectivity index (χ2n) is 5.38. The van der Waals surface area contributed by atoms with Gasteiger partial charge in [-0.25, -0.2) is 0 Å². The third-order valence-corrected chi connectivity index (χ3v) is 5.21. The minimum absolute atomic E-state index is 0.207. The van der Waals surface area contributed by atoms with Gasteiger partial charge in [-0.1, -0.05) is 36.9 Å². The Labute approximate surface area is 144 Å². The van der Waals surface area contributed by atoms with E-state index in [2.05, 4.69) is 21.2 Å². The molecule has 0 saturated carbocycles. The van der Waals surface area contributed by atoms with Gasteiger partial charge in [0.1, 0.15) is 5.25 Å². The fourth-order valence-electron chi connectivity index (χ4n) is 2.57. The number of benzene rings is 1. The molecule has 1 N–H and O–H groups in total. The number of aromatic amines is 1. The van der Waals surface area contributed by atoms with Crippen LogP contribution in [0.1, 0.15) is 20.3 Å². The maximum atomic E-state index is 12.0. The molecule has 0 unspecified atom stereocenters. The molecule has 0 amide bonds. The first-order valence-corrected chi connectivity index (χ1v) is 8.82. The SMILES string of the molecule is CCOC(=O)[C@H](CC)Sc1nnc(-c2c[nH]c3ccccc23)n1C. The van der Waals surface area contributed by atoms with Crippen LogP contribution >= 0.6 is 11.8 Å². The van der Waals surface area contributed by atoms with Gasteiger partial charge >= 0.3 is 5.97 Å². The first-order chi connectivity index (χ1) is 11.7. The van der Waals surface area contributed by atoms with Gasteiger partial charge in [-0.05, 0) is 19.4 Å². The van der Waals surface area contributed by atoms with Crippen LogP contribution < -0.4 is 0 Å². The number of hydrogen-bond acceptors (Lipinski definition) is 5. The maximum absolute atomic E-state index is 12.0. The van der Waals surface area contributed by atoms with E-state index in [4.69, 9.17) is 4.74 Å². The van der Waals surface area contributed by atoms with Crippen molar-refractivity contribution in [3.63, 3.8) is 0 Å². The predicted molar refractivity (Wildman–Crippen MR) is 94.9 cm³/mol. The Morgan fingerprint density at radius 3 is 2.88 bits per heavy atom. The van der Waals surface area contributed by atoms with E-state index in [9.17, 15) is 4.79 Å². The zero-order chi connectivity index (χ0) is 17.1. The van der Waals surface area contributed by atoms with Gasteiger partial charge in [-0.2, -0.15) is 0 Å². The van der Waals surface area contributed by atoms with Gasteiger partial charge in [0.05, 0.1) is 6.61 Å². The van der Waals surface area contributed by atoms with Crippen molar-refractivity contribution in [2.75, 3.05) is 6.61 Å². The van der Waals surface area contributed by atoms with E-state index in [1.807, 2.05) is 49.9 Å². The van der Waals surface area contributed by atoms with Gasteiger partial charge < -0.3 is 14.3 Å². The van der Waals surface area contributed by atoms with Crippen molar-refractivity contribution in [3.05, 3.63) is 30.5 Å². The molecule has 1 atom stereocenters. The number of H-pyrrole nitrogens is 1. The number of ether oxygens (including phenoxy) is 1. The number of rotatable bonds is 6. The van der Waals surface area contributed by atoms with Crippen LogP contribution in [-0.2, 0) is 16.6 Å². The Hall–Kier alpha value is -2.28. The highest BCUT2D eigenvalue weighted by molar-refractivity contribution is 8.00. The summed E-state index contributed by atoms with van der Waals surface area (Å²) in [6.45, 7) is 4.16. The molecular formula is C17H20N4O2S. The number of carbonyl (C=O) groups excluding carboxylic acids is 1. The minimum Gasteiger partial charge on any atom is -0.465 e. The zero-order valence-electron chi connectivity index (χ0n) is 13.9. The Morgan fingerprint density at radius 1 is 1.33 bits per heavy atom. The number of aromatic nitrogens is 4. The molecule has 0 radical (unpaired) electrons. The first-order valence-electron chi connectivity index (χ1n) is 7.94. The van der Waals surface area contributed by atoms with Crippen molar-refractivity contribution < 1.29 is 9.53 Å². The van der Waals surface area contributed by atoms with E-state index < -0.39 is 0 Å². The van der Waals surface area contributed by atoms with Crippen molar-refractivity contribution in [1.29, 1.82) is 0 Å². The van der Waals surface area contributed by atoms with E-state index in [1.165, 1.54) is 11.8 Å². The lowest BCUT2D eigenvalue weighted by atomic mass is 10.1. The Kier molecular flexibility index (Phi) is 4.89. The molecule has 3 aromatic rings. The molecule has 6 nitrogen and oxygen atoms in total. The topological polar surface area (TPSA) is 72.8 Å². The highest BCUT2D eigenvalue weighted by Crippen LogP contribution is 2.31. The lowest BCUT2D eigenvalue weighted by molar-refractivity contribution is -0.142. The summed E-state index contributed by atoms with van der Waals surface area (Å²) in [5.74, 6) is 0.565. The lowest BCUT2D eigenvalue weighted by Crippen LogP contribution is -2.20. The lowest BCUT2D eigenvalue weighted by Gasteiger charge is -2.12. The van der Waals surface area contributed by atoms with E-state index in [0.29, 0.717) is 18.2 Å². The summed E-state index contributed by atoms with van der Waals surface area (Å²) in [6, 6.07) is 8.07. The molecule has 0 saturated heterocycles. The highest BCUT2D eigenvalue weighted by Gasteiger charge is 2.23. The van der Waals surface area contributed by atoms with Gasteiger partial charge in [0.2, 0.25) is 0 Å². The second kappa shape index (κ2) is 7.09. The normalized spacial score (nSPS) is 12.5. The number of fused-ring (bicyclic) bond motifs is 1. The van der Waals surface area contributed by atoms with Crippen LogP contribution in [0.4, 0.5) is 0 Å². The average Bonchev–Trinajstić information content (AvgIpc) is 3.16. The summed E-state index contributed by atoms with van der Waals surface area (Å²) < 4.78 is 7.04. The van der Waals surface area contributed by atoms with Gasteiger partial charge in [-0.3, -0.25) is 4.79 Å². The predicted octanol–water partition coefficient (Wildman–Crippen LogP) is 3.40. The Morgan fingerprint density at radius 2 is 2.12 bits per heavy atom. The van der Waals surface area contributed by atoms with E-state index in [-0.39, 0.29) is 11.2 Å². The molecule has 0 fully saturated rings. The summed E-state index contributed by atoms with van der Waals surface area (Å²) in [4.78, 5) is 15.2. The molecule has 0 spiro atoms. The highest BCUT2D eigenvalue weighted by atomic mass is 32.2. The van der Waals surface area contributed by atoms with Crippen LogP contribution in [0.3, 0.4) is 0 Å². The monoisotopic (exact) mass is 344 g/mol. The van der Waals surface area contributed by atoms with E-state index in [0.717, 1.165) is 22.3 Å². The molecule has 2 aromatic heterocycles. The summed E-state index contributed by atoms with van der Waals surface area (Å²) >= 11 is 1.39. The number of hydrogen-bond donors (Lipinski definition) is 1. The number of carbonyl (C=O) groups is 1. The van der Waals surface area contributed by atoms with Gasteiger partial charge in [0.25, 0.3) is 0 Å². The quantitative estimate of drug-likeness (QED) is 0.548. The molecule has 0 aliphatic heterocycles. The molecule has 0 aliphatic rings. The van der Waals surface area contributed by atoms with Crippen molar-refractivity contribution in [2.24, 2.45) is 7.05 Å². The summed E-state index contributed by atoms with van der Waals surface area (Å²) in [5.41, 5.74) is 2.05. The molecule has 3 rings (SSSR count). The van der Waals surface area contributed by atoms with Gasteiger partial charge in [0.15, 0.2) is 11.0 Å². The number of para-hydroxylation sites is 1. The number of nitrogens with one attached hydrogen (secondary N) is 1. The van der Waals surface area contributed by atoms with Crippen LogP contribution in [0, 0.1) is 0 Å². The van der Waals surface area contributed by atoms with Gasteiger partial charge in [-0.15, -0.1) is 10.2 Å². The van der Waals surface area contributed by atoms with Crippen LogP contribution in [-0.4, -0.2) is 37.6 Å². The van der Waals surface area contributed by atoms with E-state index in [1.54, 1.807) is 0 Å². The third-order valence-electron chi connectivity index (χ3n) is 3.83. The molecular weight excluding hydrogens is 324 g/mol. The van der Waals surface area contributed by atoms with Crippen molar-refractivity contribution in [3.8, 4) is 11.4 Å². The van der Waals surface area contributed by atoms with Crippen molar-refractivity contribution in [2.45, 2.75) is 30.7 Å². The first kappa shape index (κ1) is 16.6. The zero-order valence-corrected chi connectivity index (χ0v) is 14.8. The number of esters is 1. The summed E-state index contributed by atoms with van der Waals surface area (Å²) in [5, 5.41) is 10.1. The van der Waals surface area contributed by atoms with Crippen LogP contribution in [0.5, 0.6) is 0 Å². The fraction of sp³-hybridized carbons (Fsp3) is 0.353. The summed E-state index contributed by atoms with van der Waals surface area (Å²) in [7, 11) is 1.91. The molecule has 24 heavy (non-hydrogen) atoms. The molecule has 126 valence electrons. The second-order valence-corrected chi connectivity index (χ2v) is 6.55. The molecule has 7 heteroatoms. The smallest absolute Gasteiger partial charge is 0.319 e. The largest absolute Gasteiger partial charge is 0.465 e. The molecule has 2 heterocycles. The molecule has 0 aliphatic carbocycles. The fourth-order valence-corrected chi connectivity index (χ4v) is 3.49. The molecule has 1 aromatic carbocycles. The standard InChI is InChI=1S/C17H20N4O2S/c1-4-14(16(22)23-5-2)24-17-20-19-15(21(17)3)12-10-18-13-9-7-6-8-11(12)13/h6-10,14,18H,4-5H2,1-3H3/t14-/m0/s1. The van der Waals surface area contributed by atoms with Crippen LogP contribution in [0.25, 0.3) is 22.3 Å². The van der Waals surface area contributed by atoms with Crippen molar-refractivity contribution >= 4 is 28.6 Å². The van der Waals surface area contributed by atoms with Gasteiger partial charge in [0, 0.05) is 29.7 Å². The third kappa shape index (κ3) is 3.03. The Bertz CT molecular complexity index is 855. The Balaban J connectivity index is 1.90. The van der Waals surface area contributed by atoms with Crippen LogP contribution in [0.2, 0.25) is 0 Å². The van der Waals surface area contributed by atoms with Crippen molar-refractivity contribution in [1.82, 2.24) is 19.7 Å². The molecule has 0 bridgehead atoms. The maximum Gasteiger partial charge on any atom is 0.319 e. The number of thioether (sulfide) groups is 1. The minimum atomic E-state index is -0.274. The average molecular weight is 344 g/mol. The summed E-state index contributed by atoms with van der Waals surface area (Å²) in [6.07, 6.45) is 2.62. The van der Waals surface area contributed by atoms with Crippen LogP contribution in [0.15, 0.2) is 35.6 Å². The number of nitrogens with zero attached hydrogens (tertiary/aromatic N) is 3. The van der Waals surface area contributed by atoms with E-state index >= 15 is 0 Å².